The number of nitrogens with one attached hydrogen (secondary N) is 1. The van der Waals surface area contributed by atoms with Gasteiger partial charge in [0.15, 0.2) is 0 Å². The van der Waals surface area contributed by atoms with Crippen molar-refractivity contribution in [3.05, 3.63) is 29.8 Å². The van der Waals surface area contributed by atoms with Gasteiger partial charge in [-0.1, -0.05) is 13.8 Å². The SMILES string of the molecule is CC(C)CC(C)Nc1ccc(C(=O)OC(C)C)cc1. The summed E-state index contributed by atoms with van der Waals surface area (Å²) in [6.07, 6.45) is 1.04. The molecule has 1 unspecified atom stereocenters. The molecular weight excluding hydrogens is 238 g/mol. The van der Waals surface area contributed by atoms with Crippen LogP contribution in [0.15, 0.2) is 24.3 Å². The lowest BCUT2D eigenvalue weighted by Gasteiger charge is -2.17. The summed E-state index contributed by atoms with van der Waals surface area (Å²) in [7, 11) is 0. The molecule has 0 aliphatic carbocycles. The highest BCUT2D eigenvalue weighted by Gasteiger charge is 2.09. The summed E-state index contributed by atoms with van der Waals surface area (Å²) >= 11 is 0. The van der Waals surface area contributed by atoms with E-state index in [4.69, 9.17) is 4.74 Å². The number of carbonyl (C=O) groups is 1. The maximum absolute atomic E-state index is 11.7. The van der Waals surface area contributed by atoms with Crippen molar-refractivity contribution in [2.75, 3.05) is 5.32 Å². The molecule has 1 N–H and O–H groups in total. The number of esters is 1. The zero-order valence-corrected chi connectivity index (χ0v) is 12.6. The van der Waals surface area contributed by atoms with Gasteiger partial charge in [0.1, 0.15) is 0 Å². The summed E-state index contributed by atoms with van der Waals surface area (Å²) in [6.45, 7) is 10.3. The molecule has 0 aliphatic heterocycles. The Morgan fingerprint density at radius 2 is 1.68 bits per heavy atom. The predicted octanol–water partition coefficient (Wildman–Crippen LogP) is 4.10. The summed E-state index contributed by atoms with van der Waals surface area (Å²) in [5, 5.41) is 3.43. The van der Waals surface area contributed by atoms with Gasteiger partial charge in [0.25, 0.3) is 0 Å². The number of rotatable bonds is 6. The zero-order chi connectivity index (χ0) is 14.4. The van der Waals surface area contributed by atoms with Crippen molar-refractivity contribution in [3.63, 3.8) is 0 Å². The first kappa shape index (κ1) is 15.5. The van der Waals surface area contributed by atoms with Crippen molar-refractivity contribution in [1.29, 1.82) is 0 Å². The molecule has 0 aromatic heterocycles. The second kappa shape index (κ2) is 7.17. The van der Waals surface area contributed by atoms with Crippen molar-refractivity contribution in [2.45, 2.75) is 53.2 Å². The standard InChI is InChI=1S/C16H25NO2/c1-11(2)10-13(5)17-15-8-6-14(7-9-15)16(18)19-12(3)4/h6-9,11-13,17H,10H2,1-5H3. The van der Waals surface area contributed by atoms with Crippen LogP contribution in [-0.4, -0.2) is 18.1 Å². The minimum absolute atomic E-state index is 0.0867. The molecule has 0 bridgehead atoms. The maximum atomic E-state index is 11.7. The Morgan fingerprint density at radius 3 is 2.16 bits per heavy atom. The topological polar surface area (TPSA) is 38.3 Å². The van der Waals surface area contributed by atoms with Gasteiger partial charge in [-0.15, -0.1) is 0 Å². The lowest BCUT2D eigenvalue weighted by molar-refractivity contribution is 0.0378. The van der Waals surface area contributed by atoms with E-state index < -0.39 is 0 Å². The second-order valence-corrected chi connectivity index (χ2v) is 5.71. The van der Waals surface area contributed by atoms with Crippen LogP contribution in [-0.2, 0) is 4.74 Å². The minimum Gasteiger partial charge on any atom is -0.459 e. The summed E-state index contributed by atoms with van der Waals surface area (Å²) in [4.78, 5) is 11.7. The fourth-order valence-corrected chi connectivity index (χ4v) is 2.04. The van der Waals surface area contributed by atoms with Crippen molar-refractivity contribution in [2.24, 2.45) is 5.92 Å². The molecule has 106 valence electrons. The first-order chi connectivity index (χ1) is 8.88. The van der Waals surface area contributed by atoms with E-state index in [0.717, 1.165) is 12.1 Å². The van der Waals surface area contributed by atoms with Crippen molar-refractivity contribution >= 4 is 11.7 Å². The number of carbonyl (C=O) groups excluding carboxylic acids is 1. The molecule has 3 nitrogen and oxygen atoms in total. The molecule has 0 radical (unpaired) electrons. The Morgan fingerprint density at radius 1 is 1.11 bits per heavy atom. The molecule has 0 aliphatic rings. The third-order valence-electron chi connectivity index (χ3n) is 2.70. The highest BCUT2D eigenvalue weighted by atomic mass is 16.5. The second-order valence-electron chi connectivity index (χ2n) is 5.71. The zero-order valence-electron chi connectivity index (χ0n) is 12.6. The van der Waals surface area contributed by atoms with E-state index in [1.165, 1.54) is 0 Å². The van der Waals surface area contributed by atoms with Crippen LogP contribution in [0.1, 0.15) is 51.4 Å². The molecular formula is C16H25NO2. The van der Waals surface area contributed by atoms with E-state index in [1.807, 2.05) is 26.0 Å². The molecule has 1 aromatic carbocycles. The predicted molar refractivity (Wildman–Crippen MR) is 79.5 cm³/mol. The molecule has 19 heavy (non-hydrogen) atoms. The lowest BCUT2D eigenvalue weighted by Crippen LogP contribution is -2.17. The van der Waals surface area contributed by atoms with Crippen LogP contribution in [0, 0.1) is 5.92 Å². The largest absolute Gasteiger partial charge is 0.459 e. The highest BCUT2D eigenvalue weighted by molar-refractivity contribution is 5.89. The van der Waals surface area contributed by atoms with Crippen molar-refractivity contribution in [3.8, 4) is 0 Å². The van der Waals surface area contributed by atoms with Crippen LogP contribution in [0.4, 0.5) is 5.69 Å². The summed E-state index contributed by atoms with van der Waals surface area (Å²) < 4.78 is 5.15. The Labute approximate surface area is 116 Å². The number of benzene rings is 1. The van der Waals surface area contributed by atoms with E-state index in [9.17, 15) is 4.79 Å². The smallest absolute Gasteiger partial charge is 0.338 e. The fourth-order valence-electron chi connectivity index (χ4n) is 2.04. The average molecular weight is 263 g/mol. The molecule has 1 atom stereocenters. The van der Waals surface area contributed by atoms with Gasteiger partial charge in [-0.25, -0.2) is 4.79 Å². The summed E-state index contributed by atoms with van der Waals surface area (Å²) in [5.74, 6) is 0.402. The van der Waals surface area contributed by atoms with Crippen LogP contribution in [0.25, 0.3) is 0 Å². The van der Waals surface area contributed by atoms with Gasteiger partial charge in [-0.3, -0.25) is 0 Å². The van der Waals surface area contributed by atoms with Crippen LogP contribution in [0.5, 0.6) is 0 Å². The Bertz CT molecular complexity index is 396. The first-order valence-electron chi connectivity index (χ1n) is 6.96. The van der Waals surface area contributed by atoms with Crippen LogP contribution in [0.3, 0.4) is 0 Å². The quantitative estimate of drug-likeness (QED) is 0.785. The normalized spacial score (nSPS) is 12.6. The fraction of sp³-hybridized carbons (Fsp3) is 0.562. The van der Waals surface area contributed by atoms with Crippen LogP contribution >= 0.6 is 0 Å². The van der Waals surface area contributed by atoms with E-state index in [1.54, 1.807) is 12.1 Å². The Balaban J connectivity index is 2.58. The summed E-state index contributed by atoms with van der Waals surface area (Å²) in [6, 6.07) is 7.87. The van der Waals surface area contributed by atoms with E-state index in [0.29, 0.717) is 17.5 Å². The molecule has 0 amide bonds. The van der Waals surface area contributed by atoms with Crippen LogP contribution < -0.4 is 5.32 Å². The lowest BCUT2D eigenvalue weighted by atomic mass is 10.0. The van der Waals surface area contributed by atoms with Crippen molar-refractivity contribution in [1.82, 2.24) is 0 Å². The molecule has 1 rings (SSSR count). The molecule has 0 heterocycles. The molecule has 3 heteroatoms. The van der Waals surface area contributed by atoms with Crippen LogP contribution in [0.2, 0.25) is 0 Å². The van der Waals surface area contributed by atoms with Gasteiger partial charge in [0.2, 0.25) is 0 Å². The molecule has 1 aromatic rings. The van der Waals surface area contributed by atoms with E-state index in [-0.39, 0.29) is 12.1 Å². The number of ether oxygens (including phenoxy) is 1. The molecule has 0 saturated carbocycles. The van der Waals surface area contributed by atoms with Gasteiger partial charge in [0, 0.05) is 11.7 Å². The van der Waals surface area contributed by atoms with Gasteiger partial charge >= 0.3 is 5.97 Å². The van der Waals surface area contributed by atoms with Gasteiger partial charge in [-0.05, 0) is 57.4 Å². The average Bonchev–Trinajstić information content (AvgIpc) is 2.27. The van der Waals surface area contributed by atoms with Gasteiger partial charge < -0.3 is 10.1 Å². The third kappa shape index (κ3) is 5.77. The highest BCUT2D eigenvalue weighted by Crippen LogP contribution is 2.15. The number of anilines is 1. The van der Waals surface area contributed by atoms with E-state index >= 15 is 0 Å². The maximum Gasteiger partial charge on any atom is 0.338 e. The van der Waals surface area contributed by atoms with E-state index in [2.05, 4.69) is 26.1 Å². The molecule has 0 fully saturated rings. The first-order valence-corrected chi connectivity index (χ1v) is 6.96. The van der Waals surface area contributed by atoms with Gasteiger partial charge in [-0.2, -0.15) is 0 Å². The number of hydrogen-bond donors (Lipinski definition) is 1. The Hall–Kier alpha value is -1.51. The van der Waals surface area contributed by atoms with Gasteiger partial charge in [0.05, 0.1) is 11.7 Å². The molecule has 0 saturated heterocycles. The molecule has 0 spiro atoms. The minimum atomic E-state index is -0.267. The van der Waals surface area contributed by atoms with Crippen molar-refractivity contribution < 1.29 is 9.53 Å². The third-order valence-corrected chi connectivity index (χ3v) is 2.70. The monoisotopic (exact) mass is 263 g/mol. The summed E-state index contributed by atoms with van der Waals surface area (Å²) in [5.41, 5.74) is 1.63. The number of hydrogen-bond acceptors (Lipinski definition) is 3. The Kier molecular flexibility index (Phi) is 5.87.